The van der Waals surface area contributed by atoms with E-state index in [0.717, 1.165) is 16.7 Å². The summed E-state index contributed by atoms with van der Waals surface area (Å²) in [5.74, 6) is -2.74. The zero-order valence-electron chi connectivity index (χ0n) is 16.0. The summed E-state index contributed by atoms with van der Waals surface area (Å²) in [7, 11) is 0. The first-order valence-electron chi connectivity index (χ1n) is 10.1. The highest BCUT2D eigenvalue weighted by Gasteiger charge is 2.42. The average molecular weight is 438 g/mol. The molecule has 6 heteroatoms. The van der Waals surface area contributed by atoms with Crippen molar-refractivity contribution in [2.24, 2.45) is 5.92 Å². The number of rotatable bonds is 4. The molecule has 0 unspecified atom stereocenters. The molecule has 0 spiro atoms. The van der Waals surface area contributed by atoms with Crippen molar-refractivity contribution in [3.8, 4) is 11.1 Å². The first kappa shape index (κ1) is 20.6. The average Bonchev–Trinajstić information content (AvgIpc) is 3.05. The lowest BCUT2D eigenvalue weighted by Gasteiger charge is -2.34. The van der Waals surface area contributed by atoms with E-state index < -0.39 is 5.92 Å². The Morgan fingerprint density at radius 3 is 2.21 bits per heavy atom. The van der Waals surface area contributed by atoms with Crippen LogP contribution in [-0.4, -0.2) is 29.3 Å². The molecule has 2 aromatic rings. The van der Waals surface area contributed by atoms with E-state index in [-0.39, 0.29) is 30.7 Å². The van der Waals surface area contributed by atoms with Gasteiger partial charge in [0.25, 0.3) is 0 Å². The Bertz CT molecular complexity index is 870. The first-order chi connectivity index (χ1) is 13.8. The van der Waals surface area contributed by atoms with Gasteiger partial charge in [-0.3, -0.25) is 4.79 Å². The van der Waals surface area contributed by atoms with E-state index in [1.807, 2.05) is 42.5 Å². The summed E-state index contributed by atoms with van der Waals surface area (Å²) in [4.78, 5) is 14.7. The van der Waals surface area contributed by atoms with Crippen molar-refractivity contribution >= 4 is 29.1 Å². The number of alkyl halides is 2. The molecule has 0 N–H and O–H groups in total. The molecule has 2 nitrogen and oxygen atoms in total. The number of likely N-dealkylation sites (tertiary alicyclic amines) is 1. The maximum atomic E-state index is 13.4. The topological polar surface area (TPSA) is 20.3 Å². The fourth-order valence-corrected chi connectivity index (χ4v) is 5.13. The van der Waals surface area contributed by atoms with E-state index in [0.29, 0.717) is 42.3 Å². The maximum absolute atomic E-state index is 13.4. The lowest BCUT2D eigenvalue weighted by molar-refractivity contribution is -0.135. The Morgan fingerprint density at radius 1 is 0.966 bits per heavy atom. The number of hydrogen-bond donors (Lipinski definition) is 0. The molecule has 0 bridgehead atoms. The summed E-state index contributed by atoms with van der Waals surface area (Å²) in [6.07, 6.45) is 1.66. The summed E-state index contributed by atoms with van der Waals surface area (Å²) < 4.78 is 26.9. The molecule has 1 aliphatic carbocycles. The lowest BCUT2D eigenvalue weighted by Crippen LogP contribution is -2.42. The SMILES string of the molecule is O=C1[C@H](Cc2c(Cl)cc(-c3ccccc3)cc2Cl)CCN1C1CCC(F)(F)CC1. The summed E-state index contributed by atoms with van der Waals surface area (Å²) in [5.41, 5.74) is 2.75. The molecule has 2 fully saturated rings. The van der Waals surface area contributed by atoms with E-state index in [9.17, 15) is 13.6 Å². The number of benzene rings is 2. The smallest absolute Gasteiger partial charge is 0.248 e. The van der Waals surface area contributed by atoms with Crippen LogP contribution in [0.4, 0.5) is 8.78 Å². The largest absolute Gasteiger partial charge is 0.339 e. The molecule has 154 valence electrons. The fourth-order valence-electron chi connectivity index (χ4n) is 4.49. The number of hydrogen-bond acceptors (Lipinski definition) is 1. The van der Waals surface area contributed by atoms with Gasteiger partial charge in [0.05, 0.1) is 0 Å². The minimum Gasteiger partial charge on any atom is -0.339 e. The van der Waals surface area contributed by atoms with Crippen molar-refractivity contribution in [3.63, 3.8) is 0 Å². The highest BCUT2D eigenvalue weighted by atomic mass is 35.5. The second kappa shape index (κ2) is 8.23. The van der Waals surface area contributed by atoms with Crippen molar-refractivity contribution in [1.82, 2.24) is 4.90 Å². The number of halogens is 4. The van der Waals surface area contributed by atoms with Gasteiger partial charge in [0.15, 0.2) is 0 Å². The zero-order valence-corrected chi connectivity index (χ0v) is 17.5. The van der Waals surface area contributed by atoms with Gasteiger partial charge in [0, 0.05) is 41.4 Å². The molecule has 0 radical (unpaired) electrons. The third-order valence-electron chi connectivity index (χ3n) is 6.18. The van der Waals surface area contributed by atoms with Crippen LogP contribution >= 0.6 is 23.2 Å². The molecule has 1 amide bonds. The minimum atomic E-state index is -2.58. The number of nitrogens with zero attached hydrogens (tertiary/aromatic N) is 1. The molecule has 1 saturated carbocycles. The molecule has 2 aromatic carbocycles. The summed E-state index contributed by atoms with van der Waals surface area (Å²) >= 11 is 13.1. The molecule has 0 aromatic heterocycles. The van der Waals surface area contributed by atoms with Gasteiger partial charge in [-0.15, -0.1) is 0 Å². The van der Waals surface area contributed by atoms with Gasteiger partial charge in [-0.25, -0.2) is 8.78 Å². The van der Waals surface area contributed by atoms with Gasteiger partial charge >= 0.3 is 0 Å². The van der Waals surface area contributed by atoms with Gasteiger partial charge in [-0.05, 0) is 54.5 Å². The highest BCUT2D eigenvalue weighted by Crippen LogP contribution is 2.39. The predicted octanol–water partition coefficient (Wildman–Crippen LogP) is 6.63. The maximum Gasteiger partial charge on any atom is 0.248 e. The van der Waals surface area contributed by atoms with E-state index >= 15 is 0 Å². The van der Waals surface area contributed by atoms with Crippen LogP contribution in [0, 0.1) is 5.92 Å². The van der Waals surface area contributed by atoms with Crippen molar-refractivity contribution in [1.29, 1.82) is 0 Å². The lowest BCUT2D eigenvalue weighted by atomic mass is 9.91. The minimum absolute atomic E-state index is 0.0412. The van der Waals surface area contributed by atoms with Gasteiger partial charge in [0.2, 0.25) is 11.8 Å². The predicted molar refractivity (Wildman–Crippen MR) is 113 cm³/mol. The van der Waals surface area contributed by atoms with Crippen molar-refractivity contribution < 1.29 is 13.6 Å². The van der Waals surface area contributed by atoms with E-state index in [1.165, 1.54) is 0 Å². The number of carbonyl (C=O) groups is 1. The van der Waals surface area contributed by atoms with Crippen LogP contribution in [0.5, 0.6) is 0 Å². The summed E-state index contributed by atoms with van der Waals surface area (Å²) in [5, 5.41) is 1.11. The van der Waals surface area contributed by atoms with Crippen LogP contribution in [0.25, 0.3) is 11.1 Å². The molecule has 1 heterocycles. The van der Waals surface area contributed by atoms with Crippen LogP contribution in [0.15, 0.2) is 42.5 Å². The van der Waals surface area contributed by atoms with Crippen molar-refractivity contribution in [2.45, 2.75) is 50.5 Å². The van der Waals surface area contributed by atoms with Crippen LogP contribution in [0.2, 0.25) is 10.0 Å². The van der Waals surface area contributed by atoms with E-state index in [1.54, 1.807) is 4.90 Å². The van der Waals surface area contributed by atoms with Gasteiger partial charge in [0.1, 0.15) is 0 Å². The third-order valence-corrected chi connectivity index (χ3v) is 6.85. The Labute approximate surface area is 179 Å². The van der Waals surface area contributed by atoms with Crippen LogP contribution < -0.4 is 0 Å². The molecular formula is C23H23Cl2F2NO. The molecule has 4 rings (SSSR count). The normalized spacial score (nSPS) is 22.3. The molecular weight excluding hydrogens is 415 g/mol. The Hall–Kier alpha value is -1.65. The second-order valence-electron chi connectivity index (χ2n) is 8.09. The molecule has 1 atom stereocenters. The van der Waals surface area contributed by atoms with Crippen LogP contribution in [-0.2, 0) is 11.2 Å². The zero-order chi connectivity index (χ0) is 20.6. The number of carbonyl (C=O) groups excluding carboxylic acids is 1. The Balaban J connectivity index is 1.46. The van der Waals surface area contributed by atoms with E-state index in [4.69, 9.17) is 23.2 Å². The summed E-state index contributed by atoms with van der Waals surface area (Å²) in [6.45, 7) is 0.622. The monoisotopic (exact) mass is 437 g/mol. The Kier molecular flexibility index (Phi) is 5.85. The van der Waals surface area contributed by atoms with E-state index in [2.05, 4.69) is 0 Å². The molecule has 29 heavy (non-hydrogen) atoms. The third kappa shape index (κ3) is 4.44. The summed E-state index contributed by atoms with van der Waals surface area (Å²) in [6, 6.07) is 13.6. The van der Waals surface area contributed by atoms with Crippen LogP contribution in [0.3, 0.4) is 0 Å². The van der Waals surface area contributed by atoms with Gasteiger partial charge in [-0.1, -0.05) is 53.5 Å². The standard InChI is InChI=1S/C23H23Cl2F2NO/c24-20-13-17(15-4-2-1-3-5-15)14-21(25)19(20)12-16-8-11-28(22(16)29)18-6-9-23(26,27)10-7-18/h1-5,13-14,16,18H,6-12H2/t16-/m0/s1. The Morgan fingerprint density at radius 2 is 1.59 bits per heavy atom. The number of amides is 1. The van der Waals surface area contributed by atoms with Gasteiger partial charge < -0.3 is 4.90 Å². The fraction of sp³-hybridized carbons (Fsp3) is 0.435. The van der Waals surface area contributed by atoms with Crippen LogP contribution in [0.1, 0.15) is 37.7 Å². The first-order valence-corrected chi connectivity index (χ1v) is 10.8. The van der Waals surface area contributed by atoms with Gasteiger partial charge in [-0.2, -0.15) is 0 Å². The van der Waals surface area contributed by atoms with Crippen molar-refractivity contribution in [3.05, 3.63) is 58.1 Å². The molecule has 2 aliphatic rings. The molecule has 1 saturated heterocycles. The quantitative estimate of drug-likeness (QED) is 0.525. The van der Waals surface area contributed by atoms with Crippen molar-refractivity contribution in [2.75, 3.05) is 6.54 Å². The second-order valence-corrected chi connectivity index (χ2v) is 8.91. The highest BCUT2D eigenvalue weighted by molar-refractivity contribution is 6.36. The molecule has 1 aliphatic heterocycles.